The molecule has 0 aromatic heterocycles. The predicted octanol–water partition coefficient (Wildman–Crippen LogP) is 20.5. The Labute approximate surface area is 524 Å². The molecule has 0 saturated heterocycles. The maximum absolute atomic E-state index is 12.9. The molecule has 0 aromatic rings. The van der Waals surface area contributed by atoms with Crippen molar-refractivity contribution < 1.29 is 42.9 Å². The van der Waals surface area contributed by atoms with E-state index < -0.39 is 24.3 Å². The van der Waals surface area contributed by atoms with Crippen LogP contribution >= 0.6 is 0 Å². The van der Waals surface area contributed by atoms with E-state index in [0.717, 1.165) is 96.3 Å². The molecule has 0 spiro atoms. The van der Waals surface area contributed by atoms with Crippen molar-refractivity contribution in [3.63, 3.8) is 0 Å². The Bertz CT molecular complexity index is 1760. The molecule has 9 heteroatoms. The molecule has 0 aliphatic carbocycles. The van der Waals surface area contributed by atoms with E-state index in [-0.39, 0.29) is 38.6 Å². The number of rotatable bonds is 64. The summed E-state index contributed by atoms with van der Waals surface area (Å²) in [5.74, 6) is -2.28. The molecule has 0 saturated carbocycles. The number of carboxylic acid groups (broad SMARTS) is 1. The van der Waals surface area contributed by atoms with Crippen LogP contribution in [0.5, 0.6) is 0 Å². The molecule has 0 aromatic carbocycles. The average molecular weight is 1190 g/mol. The van der Waals surface area contributed by atoms with Gasteiger partial charge in [0.2, 0.25) is 0 Å². The van der Waals surface area contributed by atoms with Gasteiger partial charge in [0.1, 0.15) is 13.2 Å². The van der Waals surface area contributed by atoms with Crippen LogP contribution in [0.15, 0.2) is 109 Å². The fourth-order valence-corrected chi connectivity index (χ4v) is 9.67. The highest BCUT2D eigenvalue weighted by molar-refractivity contribution is 5.70. The first-order valence-electron chi connectivity index (χ1n) is 35.0. The zero-order valence-electron chi connectivity index (χ0n) is 55.7. The van der Waals surface area contributed by atoms with Crippen molar-refractivity contribution in [2.75, 3.05) is 47.5 Å². The lowest BCUT2D eigenvalue weighted by molar-refractivity contribution is -0.870. The fraction of sp³-hybridized carbons (Fsp3) is 0.724. The summed E-state index contributed by atoms with van der Waals surface area (Å²) in [4.78, 5) is 37.5. The van der Waals surface area contributed by atoms with Crippen molar-refractivity contribution in [3.8, 4) is 0 Å². The molecule has 2 unspecified atom stereocenters. The van der Waals surface area contributed by atoms with Crippen molar-refractivity contribution in [2.45, 2.75) is 309 Å². The van der Waals surface area contributed by atoms with Crippen LogP contribution < -0.4 is 5.11 Å². The maximum atomic E-state index is 12.9. The Morgan fingerprint density at radius 1 is 0.365 bits per heavy atom. The second-order valence-electron chi connectivity index (χ2n) is 24.4. The standard InChI is InChI=1S/C76H131NO8/c1-6-8-10-12-14-16-18-20-22-24-26-28-30-32-34-35-36-37-38-39-41-43-45-47-49-51-53-55-57-59-61-63-65-67-74(79)85-72(71-84-76(75(80)81)82-69-68-77(3,4)5)70-83-73(78)66-64-62-60-58-56-54-52-50-48-46-44-42-40-33-31-29-27-25-23-21-19-17-15-13-11-9-7-2/h8,10,14,16,19-22,25-28,32,34,36-37,39,41,72,76H,6-7,9,11-13,15,17-18,23-24,29-31,33,35,38,40,42-71H2,1-5H3/b10-8-,16-14-,21-19-,22-20-,27-25-,28-26-,34-32-,37-36-,41-39-. The van der Waals surface area contributed by atoms with Gasteiger partial charge < -0.3 is 33.3 Å². The van der Waals surface area contributed by atoms with Crippen molar-refractivity contribution in [1.29, 1.82) is 0 Å². The van der Waals surface area contributed by atoms with Crippen molar-refractivity contribution in [2.24, 2.45) is 0 Å². The first kappa shape index (κ1) is 81.0. The van der Waals surface area contributed by atoms with Crippen LogP contribution in [0.4, 0.5) is 0 Å². The molecular weight excluding hydrogens is 1050 g/mol. The van der Waals surface area contributed by atoms with E-state index >= 15 is 0 Å². The van der Waals surface area contributed by atoms with Crippen molar-refractivity contribution in [1.82, 2.24) is 0 Å². The largest absolute Gasteiger partial charge is 0.545 e. The third-order valence-electron chi connectivity index (χ3n) is 15.0. The molecule has 488 valence electrons. The summed E-state index contributed by atoms with van der Waals surface area (Å²) in [7, 11) is 5.93. The lowest BCUT2D eigenvalue weighted by atomic mass is 10.0. The predicted molar refractivity (Wildman–Crippen MR) is 361 cm³/mol. The van der Waals surface area contributed by atoms with E-state index in [1.807, 2.05) is 21.1 Å². The van der Waals surface area contributed by atoms with E-state index in [9.17, 15) is 19.5 Å². The van der Waals surface area contributed by atoms with Crippen LogP contribution in [0, 0.1) is 0 Å². The van der Waals surface area contributed by atoms with E-state index in [1.54, 1.807) is 0 Å². The zero-order valence-corrected chi connectivity index (χ0v) is 55.7. The monoisotopic (exact) mass is 1190 g/mol. The number of quaternary nitrogens is 1. The number of likely N-dealkylation sites (N-methyl/N-ethyl adjacent to an activating group) is 1. The van der Waals surface area contributed by atoms with Gasteiger partial charge in [-0.15, -0.1) is 0 Å². The van der Waals surface area contributed by atoms with Crippen LogP contribution in [0.25, 0.3) is 0 Å². The van der Waals surface area contributed by atoms with E-state index in [2.05, 4.69) is 123 Å². The van der Waals surface area contributed by atoms with Gasteiger partial charge in [0, 0.05) is 12.8 Å². The van der Waals surface area contributed by atoms with Crippen LogP contribution in [0.2, 0.25) is 0 Å². The van der Waals surface area contributed by atoms with Gasteiger partial charge in [-0.3, -0.25) is 9.59 Å². The number of hydrogen-bond acceptors (Lipinski definition) is 8. The molecule has 9 nitrogen and oxygen atoms in total. The number of aliphatic carboxylic acids is 1. The van der Waals surface area contributed by atoms with Gasteiger partial charge in [0.25, 0.3) is 0 Å². The third kappa shape index (κ3) is 67.3. The highest BCUT2D eigenvalue weighted by atomic mass is 16.7. The summed E-state index contributed by atoms with van der Waals surface area (Å²) in [6.07, 6.45) is 88.7. The number of esters is 2. The number of carbonyl (C=O) groups is 3. The number of allylic oxidation sites excluding steroid dienone is 18. The van der Waals surface area contributed by atoms with Gasteiger partial charge >= 0.3 is 11.9 Å². The second-order valence-corrected chi connectivity index (χ2v) is 24.4. The zero-order chi connectivity index (χ0) is 61.9. The minimum absolute atomic E-state index is 0.143. The number of unbranched alkanes of at least 4 members (excludes halogenated alkanes) is 31. The van der Waals surface area contributed by atoms with E-state index in [0.29, 0.717) is 17.4 Å². The highest BCUT2D eigenvalue weighted by Gasteiger charge is 2.22. The van der Waals surface area contributed by atoms with Crippen molar-refractivity contribution in [3.05, 3.63) is 109 Å². The Balaban J connectivity index is 4.15. The topological polar surface area (TPSA) is 111 Å². The molecular formula is C76H131NO8. The summed E-state index contributed by atoms with van der Waals surface area (Å²) >= 11 is 0. The Morgan fingerprint density at radius 2 is 0.671 bits per heavy atom. The molecule has 85 heavy (non-hydrogen) atoms. The van der Waals surface area contributed by atoms with Crippen LogP contribution in [-0.4, -0.2) is 82.3 Å². The molecule has 2 atom stereocenters. The maximum Gasteiger partial charge on any atom is 0.306 e. The van der Waals surface area contributed by atoms with Crippen LogP contribution in [0.3, 0.4) is 0 Å². The highest BCUT2D eigenvalue weighted by Crippen LogP contribution is 2.17. The molecule has 0 rings (SSSR count). The molecule has 0 amide bonds. The van der Waals surface area contributed by atoms with Crippen LogP contribution in [0.1, 0.15) is 296 Å². The summed E-state index contributed by atoms with van der Waals surface area (Å²) in [6.45, 7) is 4.64. The number of ether oxygens (including phenoxy) is 4. The second kappa shape index (κ2) is 65.9. The van der Waals surface area contributed by atoms with Gasteiger partial charge in [-0.2, -0.15) is 0 Å². The molecule has 0 fully saturated rings. The SMILES string of the molecule is CC/C=C\C/C=C\C/C=C\C/C=C\C/C=C\C/C=C\C/C=C\CCCCCCCCCCCCCC(=O)OC(COC(=O)CCCCCCCCCCCCCCCCC/C=C\C/C=C\CCCCCCC)COC(OCC[N+](C)(C)C)C(=O)[O-]. The normalized spacial score (nSPS) is 13.4. The summed E-state index contributed by atoms with van der Waals surface area (Å²) in [6, 6.07) is 0. The Kier molecular flexibility index (Phi) is 62.8. The molecule has 0 radical (unpaired) electrons. The number of hydrogen-bond donors (Lipinski definition) is 0. The first-order valence-corrected chi connectivity index (χ1v) is 35.0. The van der Waals surface area contributed by atoms with Gasteiger partial charge in [0.15, 0.2) is 12.4 Å². The van der Waals surface area contributed by atoms with Gasteiger partial charge in [0.05, 0.1) is 40.3 Å². The van der Waals surface area contributed by atoms with Gasteiger partial charge in [-0.1, -0.05) is 290 Å². The van der Waals surface area contributed by atoms with E-state index in [4.69, 9.17) is 18.9 Å². The Morgan fingerprint density at radius 3 is 1.00 bits per heavy atom. The lowest BCUT2D eigenvalue weighted by Gasteiger charge is -2.26. The lowest BCUT2D eigenvalue weighted by Crippen LogP contribution is -2.44. The Hall–Kier alpha value is -4.05. The van der Waals surface area contributed by atoms with Gasteiger partial charge in [-0.25, -0.2) is 0 Å². The summed E-state index contributed by atoms with van der Waals surface area (Å²) in [5, 5.41) is 11.8. The van der Waals surface area contributed by atoms with Gasteiger partial charge in [-0.05, 0) is 103 Å². The number of carboxylic acids is 1. The smallest absolute Gasteiger partial charge is 0.306 e. The average Bonchev–Trinajstić information content (AvgIpc) is 3.49. The minimum atomic E-state index is -1.63. The van der Waals surface area contributed by atoms with Crippen LogP contribution in [-0.2, 0) is 33.3 Å². The minimum Gasteiger partial charge on any atom is -0.545 e. The first-order chi connectivity index (χ1) is 41.6. The number of carbonyl (C=O) groups excluding carboxylic acids is 3. The third-order valence-corrected chi connectivity index (χ3v) is 15.0. The summed E-state index contributed by atoms with van der Waals surface area (Å²) in [5.41, 5.74) is 0. The molecule has 0 bridgehead atoms. The quantitative estimate of drug-likeness (QED) is 0.0195. The molecule has 0 aliphatic heterocycles. The fourth-order valence-electron chi connectivity index (χ4n) is 9.67. The summed E-state index contributed by atoms with van der Waals surface area (Å²) < 4.78 is 22.8. The molecule has 0 heterocycles. The van der Waals surface area contributed by atoms with Crippen molar-refractivity contribution >= 4 is 17.9 Å². The molecule has 0 N–H and O–H groups in total. The number of nitrogens with zero attached hydrogens (tertiary/aromatic N) is 1. The van der Waals surface area contributed by atoms with E-state index in [1.165, 1.54) is 167 Å². The molecule has 0 aliphatic rings.